The molecule has 2 aliphatic rings. The van der Waals surface area contributed by atoms with Crippen molar-refractivity contribution >= 4 is 53.9 Å². The number of hydrogen-bond donors (Lipinski definition) is 0. The summed E-state index contributed by atoms with van der Waals surface area (Å²) in [4.78, 5) is 0. The van der Waals surface area contributed by atoms with Gasteiger partial charge >= 0.3 is 0 Å². The molecule has 0 N–H and O–H groups in total. The first-order chi connectivity index (χ1) is 29.9. The van der Waals surface area contributed by atoms with Crippen LogP contribution in [0.2, 0.25) is 0 Å². The number of hydrogen-bond acceptors (Lipinski definition) is 2. The predicted molar refractivity (Wildman–Crippen MR) is 261 cm³/mol. The Hall–Kier alpha value is -7.52. The fourth-order valence-corrected chi connectivity index (χ4v) is 10.7. The Morgan fingerprint density at radius 1 is 0.306 bits per heavy atom. The molecule has 0 unspecified atom stereocenters. The molecule has 10 aromatic carbocycles. The summed E-state index contributed by atoms with van der Waals surface area (Å²) < 4.78 is 0. The topological polar surface area (TPSA) is 47.6 Å². The first kappa shape index (κ1) is 36.3. The molecular weight excluding hydrogens is 749 g/mol. The quantitative estimate of drug-likeness (QED) is 0.164. The van der Waals surface area contributed by atoms with Gasteiger partial charge in [-0.15, -0.1) is 0 Å². The molecule has 292 valence electrons. The number of benzene rings is 10. The molecule has 2 heteroatoms. The average molecular weight is 791 g/mol. The van der Waals surface area contributed by atoms with Crippen molar-refractivity contribution in [2.45, 2.75) is 52.4 Å². The van der Waals surface area contributed by atoms with Crippen LogP contribution in [0, 0.1) is 22.7 Å². The number of fused-ring (bicyclic) bond motifs is 11. The normalized spacial score (nSPS) is 12.6. The van der Waals surface area contributed by atoms with E-state index in [-0.39, 0.29) is 10.8 Å². The minimum absolute atomic E-state index is 0.109. The SMILES string of the molecule is CC(C)(C)c1ccc(-c2cc3c4cc5c(cc4c(-c4ccc(C(C)(C)C)cc4C#N)cc3c3cc4c(cc23)-c2cccc3cccc-4c23)-c2cccc3cccc-5c23)c(C#N)c1. The Kier molecular flexibility index (Phi) is 7.34. The van der Waals surface area contributed by atoms with Crippen molar-refractivity contribution in [3.63, 3.8) is 0 Å². The van der Waals surface area contributed by atoms with Gasteiger partial charge in [-0.2, -0.15) is 10.5 Å². The van der Waals surface area contributed by atoms with E-state index in [0.717, 1.165) is 65.7 Å². The highest BCUT2D eigenvalue weighted by Gasteiger charge is 2.28. The molecule has 2 aliphatic carbocycles. The molecule has 0 bridgehead atoms. The molecule has 0 spiro atoms. The smallest absolute Gasteiger partial charge is 0.0998 e. The fourth-order valence-electron chi connectivity index (χ4n) is 10.7. The fraction of sp³-hybridized carbons (Fsp3) is 0.133. The molecule has 10 aromatic rings. The van der Waals surface area contributed by atoms with Crippen molar-refractivity contribution in [3.8, 4) is 78.9 Å². The zero-order chi connectivity index (χ0) is 42.4. The van der Waals surface area contributed by atoms with Crippen LogP contribution in [0.5, 0.6) is 0 Å². The van der Waals surface area contributed by atoms with Crippen LogP contribution in [-0.4, -0.2) is 0 Å². The first-order valence-corrected chi connectivity index (χ1v) is 21.6. The first-order valence-electron chi connectivity index (χ1n) is 21.6. The van der Waals surface area contributed by atoms with Crippen LogP contribution >= 0.6 is 0 Å². The lowest BCUT2D eigenvalue weighted by Gasteiger charge is -2.22. The maximum absolute atomic E-state index is 10.9. The third-order valence-electron chi connectivity index (χ3n) is 13.9. The summed E-state index contributed by atoms with van der Waals surface area (Å²) in [6, 6.07) is 59.0. The van der Waals surface area contributed by atoms with Crippen LogP contribution in [0.25, 0.3) is 121 Å². The van der Waals surface area contributed by atoms with Gasteiger partial charge in [0.1, 0.15) is 0 Å². The Morgan fingerprint density at radius 2 is 0.613 bits per heavy atom. The molecule has 2 nitrogen and oxygen atoms in total. The van der Waals surface area contributed by atoms with Crippen molar-refractivity contribution in [1.82, 2.24) is 0 Å². The Labute approximate surface area is 361 Å². The van der Waals surface area contributed by atoms with Gasteiger partial charge in [-0.05, 0) is 180 Å². The van der Waals surface area contributed by atoms with Crippen LogP contribution in [0.15, 0.2) is 146 Å². The van der Waals surface area contributed by atoms with E-state index >= 15 is 0 Å². The second kappa shape index (κ2) is 12.5. The molecule has 0 saturated carbocycles. The van der Waals surface area contributed by atoms with Crippen molar-refractivity contribution in [3.05, 3.63) is 168 Å². The molecule has 0 fully saturated rings. The molecule has 0 atom stereocenters. The van der Waals surface area contributed by atoms with E-state index in [1.807, 2.05) is 0 Å². The van der Waals surface area contributed by atoms with E-state index in [9.17, 15) is 10.5 Å². The van der Waals surface area contributed by atoms with Gasteiger partial charge < -0.3 is 0 Å². The summed E-state index contributed by atoms with van der Waals surface area (Å²) in [6.07, 6.45) is 0. The predicted octanol–water partition coefficient (Wildman–Crippen LogP) is 16.4. The molecule has 0 saturated heterocycles. The highest BCUT2D eigenvalue weighted by atomic mass is 14.3. The lowest BCUT2D eigenvalue weighted by Crippen LogP contribution is -2.11. The van der Waals surface area contributed by atoms with E-state index in [1.54, 1.807) is 0 Å². The molecule has 0 radical (unpaired) electrons. The van der Waals surface area contributed by atoms with Gasteiger partial charge in [0.05, 0.1) is 23.3 Å². The van der Waals surface area contributed by atoms with E-state index in [1.165, 1.54) is 66.1 Å². The van der Waals surface area contributed by atoms with E-state index in [2.05, 4.69) is 199 Å². The lowest BCUT2D eigenvalue weighted by molar-refractivity contribution is 0.590. The van der Waals surface area contributed by atoms with Crippen molar-refractivity contribution in [2.24, 2.45) is 0 Å². The maximum Gasteiger partial charge on any atom is 0.0998 e. The zero-order valence-corrected chi connectivity index (χ0v) is 35.8. The van der Waals surface area contributed by atoms with Crippen molar-refractivity contribution in [2.75, 3.05) is 0 Å². The molecule has 0 heterocycles. The maximum atomic E-state index is 10.9. The second-order valence-electron chi connectivity index (χ2n) is 19.5. The van der Waals surface area contributed by atoms with Gasteiger partial charge in [-0.1, -0.05) is 139 Å². The van der Waals surface area contributed by atoms with Gasteiger partial charge in [-0.3, -0.25) is 0 Å². The molecular formula is C60H42N2. The summed E-state index contributed by atoms with van der Waals surface area (Å²) in [5, 5.41) is 33.5. The number of rotatable bonds is 2. The third-order valence-corrected chi connectivity index (χ3v) is 13.9. The molecule has 0 aromatic heterocycles. The van der Waals surface area contributed by atoms with E-state index in [4.69, 9.17) is 0 Å². The molecule has 0 amide bonds. The lowest BCUT2D eigenvalue weighted by atomic mass is 9.81. The van der Waals surface area contributed by atoms with Crippen LogP contribution in [0.1, 0.15) is 63.8 Å². The van der Waals surface area contributed by atoms with Crippen LogP contribution in [0.3, 0.4) is 0 Å². The monoisotopic (exact) mass is 790 g/mol. The Balaban J connectivity index is 1.27. The highest BCUT2D eigenvalue weighted by molar-refractivity contribution is 6.29. The van der Waals surface area contributed by atoms with Crippen LogP contribution in [0.4, 0.5) is 0 Å². The minimum Gasteiger partial charge on any atom is -0.192 e. The van der Waals surface area contributed by atoms with E-state index in [0.29, 0.717) is 11.1 Å². The van der Waals surface area contributed by atoms with Gasteiger partial charge in [0.25, 0.3) is 0 Å². The van der Waals surface area contributed by atoms with E-state index < -0.39 is 0 Å². The second-order valence-corrected chi connectivity index (χ2v) is 19.5. The largest absolute Gasteiger partial charge is 0.192 e. The number of nitrogens with zero attached hydrogens (tertiary/aromatic N) is 2. The highest BCUT2D eigenvalue weighted by Crippen LogP contribution is 2.54. The Bertz CT molecular complexity index is 3520. The van der Waals surface area contributed by atoms with Gasteiger partial charge in [0.2, 0.25) is 0 Å². The number of nitriles is 2. The minimum atomic E-state index is -0.109. The van der Waals surface area contributed by atoms with Crippen LogP contribution < -0.4 is 0 Å². The standard InChI is InChI=1S/C60H42N2/c1-59(2,3)37-19-21-39(35(23-37)31-61)45-25-53-54(55-29-49-43-17-9-13-33-11-7-15-41(57(33)43)47(49)27-51(45)55)26-46(40-22-20-38(60(4,5)6)24-36(40)32-62)52-28-48-42-16-8-12-34-14-10-18-44(58(34)42)50(48)30-56(52)53/h7-30H,1-6H3. The molecule has 62 heavy (non-hydrogen) atoms. The summed E-state index contributed by atoms with van der Waals surface area (Å²) in [7, 11) is 0. The Morgan fingerprint density at radius 3 is 0.935 bits per heavy atom. The molecule has 12 rings (SSSR count). The van der Waals surface area contributed by atoms with Crippen LogP contribution in [-0.2, 0) is 10.8 Å². The summed E-state index contributed by atoms with van der Waals surface area (Å²) in [5.41, 5.74) is 17.2. The van der Waals surface area contributed by atoms with Crippen molar-refractivity contribution < 1.29 is 0 Å². The van der Waals surface area contributed by atoms with Crippen molar-refractivity contribution in [1.29, 1.82) is 10.5 Å². The summed E-state index contributed by atoms with van der Waals surface area (Å²) in [5.74, 6) is 0. The van der Waals surface area contributed by atoms with Gasteiger partial charge in [0, 0.05) is 11.1 Å². The molecule has 0 aliphatic heterocycles. The summed E-state index contributed by atoms with van der Waals surface area (Å²) in [6.45, 7) is 13.2. The van der Waals surface area contributed by atoms with Gasteiger partial charge in [-0.25, -0.2) is 0 Å². The third kappa shape index (κ3) is 5.02. The zero-order valence-electron chi connectivity index (χ0n) is 35.8. The van der Waals surface area contributed by atoms with Gasteiger partial charge in [0.15, 0.2) is 0 Å². The summed E-state index contributed by atoms with van der Waals surface area (Å²) >= 11 is 0. The average Bonchev–Trinajstić information content (AvgIpc) is 3.76.